The highest BCUT2D eigenvalue weighted by molar-refractivity contribution is 6.36. The summed E-state index contributed by atoms with van der Waals surface area (Å²) in [4.78, 5) is 11.8. The van der Waals surface area contributed by atoms with Gasteiger partial charge in [0.25, 0.3) is 0 Å². The van der Waals surface area contributed by atoms with Crippen molar-refractivity contribution < 1.29 is 9.53 Å². The Morgan fingerprint density at radius 1 is 1.40 bits per heavy atom. The van der Waals surface area contributed by atoms with Gasteiger partial charge >= 0.3 is 0 Å². The van der Waals surface area contributed by atoms with Crippen LogP contribution in [0.2, 0.25) is 10.0 Å². The fourth-order valence-electron chi connectivity index (χ4n) is 2.50. The number of hydrogen-bond donors (Lipinski definition) is 1. The largest absolute Gasteiger partial charge is 0.368 e. The SMILES string of the molecule is CC1CCCC(OCC(=O)Nc2ccc(Cl)cc2Cl)C1. The molecule has 0 saturated heterocycles. The maximum Gasteiger partial charge on any atom is 0.250 e. The topological polar surface area (TPSA) is 38.3 Å². The molecule has 0 spiro atoms. The monoisotopic (exact) mass is 315 g/mol. The number of halogens is 2. The number of carbonyl (C=O) groups is 1. The average Bonchev–Trinajstić information content (AvgIpc) is 2.40. The van der Waals surface area contributed by atoms with E-state index in [-0.39, 0.29) is 18.6 Å². The van der Waals surface area contributed by atoms with E-state index in [1.165, 1.54) is 12.8 Å². The van der Waals surface area contributed by atoms with Crippen molar-refractivity contribution in [3.63, 3.8) is 0 Å². The van der Waals surface area contributed by atoms with Gasteiger partial charge < -0.3 is 10.1 Å². The van der Waals surface area contributed by atoms with Crippen LogP contribution in [0.5, 0.6) is 0 Å². The van der Waals surface area contributed by atoms with Crippen LogP contribution < -0.4 is 5.32 Å². The van der Waals surface area contributed by atoms with E-state index in [4.69, 9.17) is 27.9 Å². The summed E-state index contributed by atoms with van der Waals surface area (Å²) in [5.41, 5.74) is 0.557. The maximum absolute atomic E-state index is 11.8. The molecule has 3 nitrogen and oxygen atoms in total. The minimum Gasteiger partial charge on any atom is -0.368 e. The van der Waals surface area contributed by atoms with E-state index in [9.17, 15) is 4.79 Å². The lowest BCUT2D eigenvalue weighted by Gasteiger charge is -2.26. The molecule has 0 radical (unpaired) electrons. The molecule has 1 saturated carbocycles. The first-order valence-electron chi connectivity index (χ1n) is 6.91. The van der Waals surface area contributed by atoms with E-state index in [0.717, 1.165) is 12.8 Å². The van der Waals surface area contributed by atoms with Gasteiger partial charge in [0, 0.05) is 5.02 Å². The molecule has 1 aliphatic rings. The Labute approximate surface area is 129 Å². The van der Waals surface area contributed by atoms with Gasteiger partial charge in [-0.3, -0.25) is 4.79 Å². The van der Waals surface area contributed by atoms with Crippen molar-refractivity contribution in [2.75, 3.05) is 11.9 Å². The van der Waals surface area contributed by atoms with Crippen molar-refractivity contribution in [2.24, 2.45) is 5.92 Å². The van der Waals surface area contributed by atoms with Gasteiger partial charge in [0.15, 0.2) is 0 Å². The number of rotatable bonds is 4. The fourth-order valence-corrected chi connectivity index (χ4v) is 2.96. The van der Waals surface area contributed by atoms with Gasteiger partial charge in [-0.05, 0) is 37.0 Å². The van der Waals surface area contributed by atoms with Crippen LogP contribution in [0.4, 0.5) is 5.69 Å². The van der Waals surface area contributed by atoms with Crippen molar-refractivity contribution in [3.05, 3.63) is 28.2 Å². The van der Waals surface area contributed by atoms with Crippen molar-refractivity contribution in [1.82, 2.24) is 0 Å². The Balaban J connectivity index is 1.80. The summed E-state index contributed by atoms with van der Waals surface area (Å²) >= 11 is 11.8. The Morgan fingerprint density at radius 3 is 2.90 bits per heavy atom. The van der Waals surface area contributed by atoms with Crippen LogP contribution in [0.3, 0.4) is 0 Å². The lowest BCUT2D eigenvalue weighted by molar-refractivity contribution is -0.123. The van der Waals surface area contributed by atoms with Crippen LogP contribution in [-0.4, -0.2) is 18.6 Å². The zero-order valence-electron chi connectivity index (χ0n) is 11.5. The average molecular weight is 316 g/mol. The summed E-state index contributed by atoms with van der Waals surface area (Å²) in [6, 6.07) is 4.97. The molecule has 5 heteroatoms. The smallest absolute Gasteiger partial charge is 0.250 e. The lowest BCUT2D eigenvalue weighted by Crippen LogP contribution is -2.27. The Kier molecular flexibility index (Phi) is 5.70. The predicted molar refractivity (Wildman–Crippen MR) is 82.5 cm³/mol. The first-order chi connectivity index (χ1) is 9.54. The number of amides is 1. The van der Waals surface area contributed by atoms with Crippen LogP contribution in [0.25, 0.3) is 0 Å². The zero-order chi connectivity index (χ0) is 14.5. The molecule has 0 heterocycles. The molecular weight excluding hydrogens is 297 g/mol. The van der Waals surface area contributed by atoms with Crippen molar-refractivity contribution in [3.8, 4) is 0 Å². The molecule has 0 bridgehead atoms. The quantitative estimate of drug-likeness (QED) is 0.886. The number of benzene rings is 1. The van der Waals surface area contributed by atoms with Gasteiger partial charge in [0.2, 0.25) is 5.91 Å². The second-order valence-corrected chi connectivity index (χ2v) is 6.22. The standard InChI is InChI=1S/C15H19Cl2NO2/c1-10-3-2-4-12(7-10)20-9-15(19)18-14-6-5-11(16)8-13(14)17/h5-6,8,10,12H,2-4,7,9H2,1H3,(H,18,19). The van der Waals surface area contributed by atoms with E-state index in [1.54, 1.807) is 18.2 Å². The van der Waals surface area contributed by atoms with Crippen LogP contribution >= 0.6 is 23.2 Å². The molecular formula is C15H19Cl2NO2. The van der Waals surface area contributed by atoms with Crippen LogP contribution in [0, 0.1) is 5.92 Å². The van der Waals surface area contributed by atoms with Crippen molar-refractivity contribution in [2.45, 2.75) is 38.7 Å². The van der Waals surface area contributed by atoms with Crippen molar-refractivity contribution in [1.29, 1.82) is 0 Å². The molecule has 1 fully saturated rings. The molecule has 2 unspecified atom stereocenters. The normalized spacial score (nSPS) is 22.6. The van der Waals surface area contributed by atoms with Gasteiger partial charge in [0.1, 0.15) is 6.61 Å². The summed E-state index contributed by atoms with van der Waals surface area (Å²) in [6.45, 7) is 2.29. The number of carbonyl (C=O) groups excluding carboxylic acids is 1. The van der Waals surface area contributed by atoms with E-state index in [1.807, 2.05) is 0 Å². The number of anilines is 1. The van der Waals surface area contributed by atoms with Gasteiger partial charge in [-0.2, -0.15) is 0 Å². The Hall–Kier alpha value is -0.770. The van der Waals surface area contributed by atoms with Gasteiger partial charge in [-0.25, -0.2) is 0 Å². The predicted octanol–water partition coefficient (Wildman–Crippen LogP) is 4.53. The van der Waals surface area contributed by atoms with Gasteiger partial charge in [0.05, 0.1) is 16.8 Å². The minimum atomic E-state index is -0.188. The fraction of sp³-hybridized carbons (Fsp3) is 0.533. The number of ether oxygens (including phenoxy) is 1. The van der Waals surface area contributed by atoms with Gasteiger partial charge in [-0.15, -0.1) is 0 Å². The molecule has 1 aliphatic carbocycles. The molecule has 1 N–H and O–H groups in total. The molecule has 110 valence electrons. The molecule has 1 amide bonds. The Bertz CT molecular complexity index is 479. The molecule has 2 rings (SSSR count). The summed E-state index contributed by atoms with van der Waals surface area (Å²) < 4.78 is 5.67. The number of hydrogen-bond acceptors (Lipinski definition) is 2. The molecule has 0 aromatic heterocycles. The van der Waals surface area contributed by atoms with Gasteiger partial charge in [-0.1, -0.05) is 43.0 Å². The first kappa shape index (κ1) is 15.6. The second-order valence-electron chi connectivity index (χ2n) is 5.38. The third-order valence-corrected chi connectivity index (χ3v) is 4.09. The van der Waals surface area contributed by atoms with Crippen molar-refractivity contribution >= 4 is 34.8 Å². The second kappa shape index (κ2) is 7.30. The molecule has 0 aliphatic heterocycles. The molecule has 20 heavy (non-hydrogen) atoms. The third-order valence-electron chi connectivity index (χ3n) is 3.54. The first-order valence-corrected chi connectivity index (χ1v) is 7.66. The highest BCUT2D eigenvalue weighted by Crippen LogP contribution is 2.27. The summed E-state index contributed by atoms with van der Waals surface area (Å²) in [5, 5.41) is 3.70. The summed E-state index contributed by atoms with van der Waals surface area (Å²) in [7, 11) is 0. The molecule has 1 aromatic rings. The molecule has 2 atom stereocenters. The summed E-state index contributed by atoms with van der Waals surface area (Å²) in [5.74, 6) is 0.495. The minimum absolute atomic E-state index is 0.0658. The summed E-state index contributed by atoms with van der Waals surface area (Å²) in [6.07, 6.45) is 4.71. The maximum atomic E-state index is 11.8. The van der Waals surface area contributed by atoms with Crippen LogP contribution in [-0.2, 0) is 9.53 Å². The van der Waals surface area contributed by atoms with E-state index in [0.29, 0.717) is 21.7 Å². The van der Waals surface area contributed by atoms with E-state index >= 15 is 0 Å². The van der Waals surface area contributed by atoms with E-state index in [2.05, 4.69) is 12.2 Å². The van der Waals surface area contributed by atoms with Crippen LogP contribution in [0.15, 0.2) is 18.2 Å². The molecule has 1 aromatic carbocycles. The third kappa shape index (κ3) is 4.65. The lowest BCUT2D eigenvalue weighted by atomic mass is 9.89. The Morgan fingerprint density at radius 2 is 2.20 bits per heavy atom. The zero-order valence-corrected chi connectivity index (χ0v) is 13.0. The highest BCUT2D eigenvalue weighted by Gasteiger charge is 2.20. The number of nitrogens with one attached hydrogen (secondary N) is 1. The van der Waals surface area contributed by atoms with Crippen LogP contribution in [0.1, 0.15) is 32.6 Å². The highest BCUT2D eigenvalue weighted by atomic mass is 35.5. The van der Waals surface area contributed by atoms with E-state index < -0.39 is 0 Å².